The van der Waals surface area contributed by atoms with Gasteiger partial charge in [0.25, 0.3) is 11.5 Å². The smallest absolute Gasteiger partial charge is 0.255 e. The zero-order chi connectivity index (χ0) is 29.9. The molecule has 224 valence electrons. The maximum absolute atomic E-state index is 13.6. The first-order valence-electron chi connectivity index (χ1n) is 15.4. The van der Waals surface area contributed by atoms with Crippen molar-refractivity contribution in [1.29, 1.82) is 0 Å². The fraction of sp³-hybridized carbons (Fsp3) is 0.618. The summed E-state index contributed by atoms with van der Waals surface area (Å²) in [5.74, 6) is 0.598. The minimum absolute atomic E-state index is 0.0167. The van der Waals surface area contributed by atoms with Gasteiger partial charge < -0.3 is 19.5 Å². The highest BCUT2D eigenvalue weighted by Gasteiger charge is 2.49. The molecule has 2 aliphatic rings. The molecule has 1 N–H and O–H groups in total. The van der Waals surface area contributed by atoms with Crippen molar-refractivity contribution < 1.29 is 14.7 Å². The second kappa shape index (κ2) is 12.5. The highest BCUT2D eigenvalue weighted by Crippen LogP contribution is 2.41. The second-order valence-electron chi connectivity index (χ2n) is 13.5. The van der Waals surface area contributed by atoms with E-state index in [1.165, 1.54) is 42.7 Å². The van der Waals surface area contributed by atoms with E-state index in [0.29, 0.717) is 36.6 Å². The lowest BCUT2D eigenvalue weighted by Crippen LogP contribution is -2.61. The van der Waals surface area contributed by atoms with Crippen LogP contribution in [0.4, 0.5) is 0 Å². The van der Waals surface area contributed by atoms with E-state index in [2.05, 4.69) is 0 Å². The van der Waals surface area contributed by atoms with E-state index in [-0.39, 0.29) is 35.9 Å². The van der Waals surface area contributed by atoms with Gasteiger partial charge in [0.15, 0.2) is 0 Å². The van der Waals surface area contributed by atoms with Gasteiger partial charge in [-0.05, 0) is 38.2 Å². The van der Waals surface area contributed by atoms with Gasteiger partial charge in [-0.25, -0.2) is 0 Å². The minimum atomic E-state index is -1.22. The Hall–Kier alpha value is -2.93. The topological polar surface area (TPSA) is 82.8 Å². The maximum Gasteiger partial charge on any atom is 0.255 e. The van der Waals surface area contributed by atoms with Crippen molar-refractivity contribution in [2.45, 2.75) is 97.8 Å². The molecule has 4 rings (SSSR count). The Morgan fingerprint density at radius 3 is 2.34 bits per heavy atom. The molecular formula is C34H49N3O4. The Morgan fingerprint density at radius 1 is 1.07 bits per heavy atom. The number of hydrogen-bond acceptors (Lipinski definition) is 4. The summed E-state index contributed by atoms with van der Waals surface area (Å²) >= 11 is 0. The maximum atomic E-state index is 13.6. The molecular weight excluding hydrogens is 514 g/mol. The zero-order valence-corrected chi connectivity index (χ0v) is 25.9. The molecule has 1 aromatic carbocycles. The minimum Gasteiger partial charge on any atom is -0.387 e. The molecule has 2 amide bonds. The number of rotatable bonds is 8. The molecule has 2 aromatic rings. The molecule has 1 aromatic heterocycles. The van der Waals surface area contributed by atoms with Gasteiger partial charge in [0, 0.05) is 55.3 Å². The van der Waals surface area contributed by atoms with Crippen LogP contribution >= 0.6 is 0 Å². The van der Waals surface area contributed by atoms with Crippen molar-refractivity contribution in [3.63, 3.8) is 0 Å². The summed E-state index contributed by atoms with van der Waals surface area (Å²) in [6.07, 6.45) is 9.19. The molecule has 7 nitrogen and oxygen atoms in total. The average molecular weight is 564 g/mol. The summed E-state index contributed by atoms with van der Waals surface area (Å²) in [4.78, 5) is 44.0. The number of benzene rings is 1. The van der Waals surface area contributed by atoms with Crippen molar-refractivity contribution in [2.75, 3.05) is 20.1 Å². The Kier molecular flexibility index (Phi) is 9.47. The van der Waals surface area contributed by atoms with E-state index < -0.39 is 11.0 Å². The van der Waals surface area contributed by atoms with Gasteiger partial charge in [0.05, 0.1) is 17.7 Å². The number of aromatic nitrogens is 1. The molecule has 7 heteroatoms. The summed E-state index contributed by atoms with van der Waals surface area (Å²) in [6, 6.07) is 11.0. The first-order chi connectivity index (χ1) is 19.3. The third-order valence-corrected chi connectivity index (χ3v) is 9.75. The fourth-order valence-corrected chi connectivity index (χ4v) is 6.61. The van der Waals surface area contributed by atoms with Crippen molar-refractivity contribution in [3.8, 4) is 11.1 Å². The van der Waals surface area contributed by atoms with Crippen LogP contribution in [0.2, 0.25) is 0 Å². The monoisotopic (exact) mass is 563 g/mol. The van der Waals surface area contributed by atoms with Crippen LogP contribution in [-0.2, 0) is 11.3 Å². The fourth-order valence-electron chi connectivity index (χ4n) is 6.61. The number of likely N-dealkylation sites (tertiary alicyclic amines) is 1. The Labute approximate surface area is 245 Å². The Morgan fingerprint density at radius 2 is 1.73 bits per heavy atom. The molecule has 2 fully saturated rings. The van der Waals surface area contributed by atoms with Crippen LogP contribution in [0.1, 0.15) is 89.9 Å². The Balaban J connectivity index is 1.57. The molecule has 41 heavy (non-hydrogen) atoms. The van der Waals surface area contributed by atoms with Crippen LogP contribution < -0.4 is 5.56 Å². The zero-order valence-electron chi connectivity index (χ0n) is 25.9. The SMILES string of the molecule is CC(C)N(C)C(=O)c1cn(C[C@@]2(O)CCN(C(=O)[C@H](C)CC3CCCCC3)CC2(C)C)c(=O)cc1-c1ccccc1. The summed E-state index contributed by atoms with van der Waals surface area (Å²) in [7, 11) is 1.76. The lowest BCUT2D eigenvalue weighted by Gasteiger charge is -2.51. The first kappa shape index (κ1) is 31.0. The number of amides is 2. The van der Waals surface area contributed by atoms with Crippen molar-refractivity contribution in [2.24, 2.45) is 17.3 Å². The van der Waals surface area contributed by atoms with Gasteiger partial charge in [0.2, 0.25) is 5.91 Å². The average Bonchev–Trinajstić information content (AvgIpc) is 2.95. The van der Waals surface area contributed by atoms with Crippen molar-refractivity contribution >= 4 is 11.8 Å². The lowest BCUT2D eigenvalue weighted by molar-refractivity contribution is -0.157. The molecule has 1 saturated carbocycles. The van der Waals surface area contributed by atoms with E-state index in [0.717, 1.165) is 12.0 Å². The number of pyridine rings is 1. The lowest BCUT2D eigenvalue weighted by atomic mass is 9.69. The third-order valence-electron chi connectivity index (χ3n) is 9.75. The van der Waals surface area contributed by atoms with Crippen LogP contribution in [0.3, 0.4) is 0 Å². The predicted octanol–water partition coefficient (Wildman–Crippen LogP) is 5.59. The molecule has 1 aliphatic heterocycles. The standard InChI is InChI=1S/C34H49N3O4/c1-24(2)35(6)32(40)29-21-37(30(38)20-28(29)27-15-11-8-12-16-27)23-34(41)17-18-36(22-33(34,4)5)31(39)25(3)19-26-13-9-7-10-14-26/h8,11-12,15-16,20-21,24-26,41H,7,9-10,13-14,17-19,22-23H2,1-6H3/t25-,34+/m1/s1. The number of carbonyl (C=O) groups excluding carboxylic acids is 2. The number of nitrogens with zero attached hydrogens (tertiary/aromatic N) is 3. The van der Waals surface area contributed by atoms with Crippen LogP contribution in [0.15, 0.2) is 47.4 Å². The van der Waals surface area contributed by atoms with Gasteiger partial charge in [-0.3, -0.25) is 14.4 Å². The van der Waals surface area contributed by atoms with Crippen LogP contribution in [0, 0.1) is 17.3 Å². The normalized spacial score (nSPS) is 22.0. The van der Waals surface area contributed by atoms with E-state index in [1.54, 1.807) is 18.1 Å². The molecule has 1 aliphatic carbocycles. The van der Waals surface area contributed by atoms with Crippen LogP contribution in [0.5, 0.6) is 0 Å². The van der Waals surface area contributed by atoms with Crippen LogP contribution in [-0.4, -0.2) is 63.1 Å². The summed E-state index contributed by atoms with van der Waals surface area (Å²) < 4.78 is 1.48. The molecule has 0 spiro atoms. The van der Waals surface area contributed by atoms with E-state index >= 15 is 0 Å². The molecule has 2 atom stereocenters. The summed E-state index contributed by atoms with van der Waals surface area (Å²) in [5.41, 5.74) is -0.330. The van der Waals surface area contributed by atoms with Crippen LogP contribution in [0.25, 0.3) is 11.1 Å². The quantitative estimate of drug-likeness (QED) is 0.454. The summed E-state index contributed by atoms with van der Waals surface area (Å²) in [6.45, 7) is 10.8. The summed E-state index contributed by atoms with van der Waals surface area (Å²) in [5, 5.41) is 12.0. The van der Waals surface area contributed by atoms with E-state index in [4.69, 9.17) is 0 Å². The van der Waals surface area contributed by atoms with Gasteiger partial charge >= 0.3 is 0 Å². The third kappa shape index (κ3) is 6.77. The number of aliphatic hydroxyl groups is 1. The van der Waals surface area contributed by atoms with E-state index in [9.17, 15) is 19.5 Å². The molecule has 0 bridgehead atoms. The number of carbonyl (C=O) groups is 2. The van der Waals surface area contributed by atoms with E-state index in [1.807, 2.05) is 69.9 Å². The molecule has 0 unspecified atom stereocenters. The Bertz CT molecular complexity index is 1280. The number of piperidine rings is 1. The predicted molar refractivity (Wildman–Crippen MR) is 164 cm³/mol. The van der Waals surface area contributed by atoms with Gasteiger partial charge in [-0.1, -0.05) is 83.2 Å². The van der Waals surface area contributed by atoms with Crippen molar-refractivity contribution in [3.05, 3.63) is 58.5 Å². The second-order valence-corrected chi connectivity index (χ2v) is 13.5. The highest BCUT2D eigenvalue weighted by molar-refractivity contribution is 6.00. The molecule has 2 heterocycles. The molecule has 1 saturated heterocycles. The van der Waals surface area contributed by atoms with Gasteiger partial charge in [-0.15, -0.1) is 0 Å². The van der Waals surface area contributed by atoms with Gasteiger partial charge in [0.1, 0.15) is 0 Å². The number of hydrogen-bond donors (Lipinski definition) is 1. The largest absolute Gasteiger partial charge is 0.387 e. The highest BCUT2D eigenvalue weighted by atomic mass is 16.3. The first-order valence-corrected chi connectivity index (χ1v) is 15.4. The molecule has 0 radical (unpaired) electrons. The van der Waals surface area contributed by atoms with Gasteiger partial charge in [-0.2, -0.15) is 0 Å². The van der Waals surface area contributed by atoms with Crippen molar-refractivity contribution in [1.82, 2.24) is 14.4 Å².